The summed E-state index contributed by atoms with van der Waals surface area (Å²) in [6.07, 6.45) is 3.25. The third-order valence-corrected chi connectivity index (χ3v) is 3.22. The molecule has 4 nitrogen and oxygen atoms in total. The summed E-state index contributed by atoms with van der Waals surface area (Å²) < 4.78 is 13.3. The number of nitrogens with zero attached hydrogens (tertiary/aromatic N) is 1. The zero-order chi connectivity index (χ0) is 14.0. The van der Waals surface area contributed by atoms with Gasteiger partial charge in [0.2, 0.25) is 0 Å². The van der Waals surface area contributed by atoms with E-state index in [1.807, 2.05) is 0 Å². The zero-order valence-electron chi connectivity index (χ0n) is 9.88. The van der Waals surface area contributed by atoms with Gasteiger partial charge < -0.3 is 5.32 Å². The second kappa shape index (κ2) is 5.59. The van der Waals surface area contributed by atoms with Crippen molar-refractivity contribution in [3.63, 3.8) is 0 Å². The number of carbonyl (C=O) groups excluding carboxylic acids is 1. The molecule has 0 saturated heterocycles. The van der Waals surface area contributed by atoms with Crippen LogP contribution >= 0.6 is 23.2 Å². The number of hydrogen-bond donors (Lipinski definition) is 2. The summed E-state index contributed by atoms with van der Waals surface area (Å²) in [5.41, 5.74) is 0.845. The van der Waals surface area contributed by atoms with Gasteiger partial charge in [0.05, 0.1) is 27.8 Å². The first kappa shape index (κ1) is 13.8. The maximum atomic E-state index is 13.3. The molecule has 1 unspecified atom stereocenters. The molecule has 1 aromatic heterocycles. The molecule has 100 valence electrons. The topological polar surface area (TPSA) is 57.8 Å². The summed E-state index contributed by atoms with van der Waals surface area (Å²) in [6, 6.07) is 1.94. The molecular weight excluding hydrogens is 292 g/mol. The van der Waals surface area contributed by atoms with Crippen LogP contribution in [-0.4, -0.2) is 16.1 Å². The van der Waals surface area contributed by atoms with E-state index in [1.165, 1.54) is 6.07 Å². The Morgan fingerprint density at radius 2 is 2.16 bits per heavy atom. The summed E-state index contributed by atoms with van der Waals surface area (Å²) in [4.78, 5) is 12.0. The molecule has 1 heterocycles. The average Bonchev–Trinajstić information content (AvgIpc) is 2.87. The smallest absolute Gasteiger partial charge is 0.253 e. The van der Waals surface area contributed by atoms with Gasteiger partial charge in [0.1, 0.15) is 5.82 Å². The maximum Gasteiger partial charge on any atom is 0.253 e. The van der Waals surface area contributed by atoms with Crippen molar-refractivity contribution in [3.8, 4) is 0 Å². The van der Waals surface area contributed by atoms with Crippen LogP contribution in [0.25, 0.3) is 0 Å². The number of amides is 1. The lowest BCUT2D eigenvalue weighted by molar-refractivity contribution is 0.0939. The minimum Gasteiger partial charge on any atom is -0.345 e. The molecule has 0 saturated carbocycles. The zero-order valence-corrected chi connectivity index (χ0v) is 11.4. The highest BCUT2D eigenvalue weighted by Crippen LogP contribution is 2.24. The largest absolute Gasteiger partial charge is 0.345 e. The normalized spacial score (nSPS) is 12.2. The van der Waals surface area contributed by atoms with Gasteiger partial charge in [0.15, 0.2) is 0 Å². The van der Waals surface area contributed by atoms with Crippen LogP contribution in [0.2, 0.25) is 10.0 Å². The molecule has 0 aliphatic carbocycles. The lowest BCUT2D eigenvalue weighted by Gasteiger charge is -2.13. The second-order valence-electron chi connectivity index (χ2n) is 3.97. The molecular formula is C12H10Cl2FN3O. The molecule has 1 amide bonds. The summed E-state index contributed by atoms with van der Waals surface area (Å²) >= 11 is 11.4. The lowest BCUT2D eigenvalue weighted by Crippen LogP contribution is -2.26. The van der Waals surface area contributed by atoms with Gasteiger partial charge in [-0.25, -0.2) is 4.39 Å². The van der Waals surface area contributed by atoms with Crippen LogP contribution < -0.4 is 5.32 Å². The first-order valence-corrected chi connectivity index (χ1v) is 6.18. The first-order valence-electron chi connectivity index (χ1n) is 5.43. The van der Waals surface area contributed by atoms with Crippen molar-refractivity contribution in [3.05, 3.63) is 51.5 Å². The predicted octanol–water partition coefficient (Wildman–Crippen LogP) is 3.35. The molecule has 1 atom stereocenters. The predicted molar refractivity (Wildman–Crippen MR) is 70.9 cm³/mol. The van der Waals surface area contributed by atoms with Crippen molar-refractivity contribution in [1.29, 1.82) is 0 Å². The molecule has 0 spiro atoms. The fraction of sp³-hybridized carbons (Fsp3) is 0.167. The van der Waals surface area contributed by atoms with Crippen molar-refractivity contribution in [2.24, 2.45) is 0 Å². The second-order valence-corrected chi connectivity index (χ2v) is 4.79. The van der Waals surface area contributed by atoms with Gasteiger partial charge >= 0.3 is 0 Å². The van der Waals surface area contributed by atoms with Crippen LogP contribution in [0.4, 0.5) is 4.39 Å². The first-order chi connectivity index (χ1) is 8.99. The Bertz CT molecular complexity index is 601. The molecule has 2 rings (SSSR count). The average molecular weight is 302 g/mol. The Labute approximate surface area is 118 Å². The number of rotatable bonds is 3. The molecule has 0 fully saturated rings. The van der Waals surface area contributed by atoms with Crippen LogP contribution in [0, 0.1) is 5.82 Å². The van der Waals surface area contributed by atoms with E-state index in [4.69, 9.17) is 23.2 Å². The van der Waals surface area contributed by atoms with Crippen molar-refractivity contribution < 1.29 is 9.18 Å². The summed E-state index contributed by atoms with van der Waals surface area (Å²) in [5, 5.41) is 9.11. The number of benzene rings is 1. The van der Waals surface area contributed by atoms with Crippen molar-refractivity contribution in [2.45, 2.75) is 13.0 Å². The van der Waals surface area contributed by atoms with Gasteiger partial charge in [-0.05, 0) is 19.1 Å². The fourth-order valence-corrected chi connectivity index (χ4v) is 2.02. The van der Waals surface area contributed by atoms with E-state index in [0.717, 1.165) is 11.6 Å². The van der Waals surface area contributed by atoms with Crippen LogP contribution in [0.3, 0.4) is 0 Å². The minimum atomic E-state index is -0.688. The number of carbonyl (C=O) groups is 1. The summed E-state index contributed by atoms with van der Waals surface area (Å²) in [5.74, 6) is -1.17. The van der Waals surface area contributed by atoms with E-state index in [2.05, 4.69) is 15.5 Å². The molecule has 0 aliphatic heterocycles. The monoisotopic (exact) mass is 301 g/mol. The lowest BCUT2D eigenvalue weighted by atomic mass is 10.1. The number of nitrogens with one attached hydrogen (secondary N) is 2. The SMILES string of the molecule is CC(NC(=O)c1cc(F)c(Cl)cc1Cl)c1cn[nH]c1. The van der Waals surface area contributed by atoms with E-state index < -0.39 is 11.7 Å². The third kappa shape index (κ3) is 3.05. The van der Waals surface area contributed by atoms with Crippen LogP contribution in [-0.2, 0) is 0 Å². The Kier molecular flexibility index (Phi) is 4.07. The number of aromatic nitrogens is 2. The van der Waals surface area contributed by atoms with Gasteiger partial charge in [-0.15, -0.1) is 0 Å². The molecule has 0 bridgehead atoms. The minimum absolute atomic E-state index is 0.0407. The van der Waals surface area contributed by atoms with E-state index in [9.17, 15) is 9.18 Å². The summed E-state index contributed by atoms with van der Waals surface area (Å²) in [7, 11) is 0. The Balaban J connectivity index is 2.19. The highest BCUT2D eigenvalue weighted by Gasteiger charge is 2.17. The van der Waals surface area contributed by atoms with E-state index in [-0.39, 0.29) is 21.7 Å². The van der Waals surface area contributed by atoms with Gasteiger partial charge in [-0.1, -0.05) is 23.2 Å². The van der Waals surface area contributed by atoms with E-state index >= 15 is 0 Å². The molecule has 0 aliphatic rings. The van der Waals surface area contributed by atoms with Crippen LogP contribution in [0.5, 0.6) is 0 Å². The van der Waals surface area contributed by atoms with Gasteiger partial charge in [-0.3, -0.25) is 9.89 Å². The number of hydrogen-bond acceptors (Lipinski definition) is 2. The quantitative estimate of drug-likeness (QED) is 0.854. The van der Waals surface area contributed by atoms with Gasteiger partial charge in [0.25, 0.3) is 5.91 Å². The highest BCUT2D eigenvalue weighted by molar-refractivity contribution is 6.36. The molecule has 2 N–H and O–H groups in total. The molecule has 2 aromatic rings. The third-order valence-electron chi connectivity index (χ3n) is 2.62. The standard InChI is InChI=1S/C12H10Cl2FN3O/c1-6(7-4-16-17-5-7)18-12(19)8-2-11(15)10(14)3-9(8)13/h2-6H,1H3,(H,16,17)(H,18,19). The van der Waals surface area contributed by atoms with Crippen LogP contribution in [0.15, 0.2) is 24.5 Å². The van der Waals surface area contributed by atoms with Crippen molar-refractivity contribution in [2.75, 3.05) is 0 Å². The summed E-state index contributed by atoms with van der Waals surface area (Å²) in [6.45, 7) is 1.78. The number of aromatic amines is 1. The molecule has 19 heavy (non-hydrogen) atoms. The van der Waals surface area contributed by atoms with E-state index in [0.29, 0.717) is 0 Å². The van der Waals surface area contributed by atoms with E-state index in [1.54, 1.807) is 19.3 Å². The maximum absolute atomic E-state index is 13.3. The molecule has 0 radical (unpaired) electrons. The fourth-order valence-electron chi connectivity index (χ4n) is 1.55. The van der Waals surface area contributed by atoms with Gasteiger partial charge in [0, 0.05) is 11.8 Å². The van der Waals surface area contributed by atoms with Gasteiger partial charge in [-0.2, -0.15) is 5.10 Å². The Morgan fingerprint density at radius 3 is 2.79 bits per heavy atom. The Morgan fingerprint density at radius 1 is 1.42 bits per heavy atom. The number of halogens is 3. The van der Waals surface area contributed by atoms with Crippen molar-refractivity contribution >= 4 is 29.1 Å². The van der Waals surface area contributed by atoms with Crippen LogP contribution in [0.1, 0.15) is 28.9 Å². The number of H-pyrrole nitrogens is 1. The highest BCUT2D eigenvalue weighted by atomic mass is 35.5. The molecule has 7 heteroatoms. The Hall–Kier alpha value is -1.59. The molecule has 1 aromatic carbocycles. The van der Waals surface area contributed by atoms with Crippen molar-refractivity contribution in [1.82, 2.24) is 15.5 Å².